The van der Waals surface area contributed by atoms with Crippen molar-refractivity contribution in [3.05, 3.63) is 77.1 Å². The number of aryl methyl sites for hydroxylation is 2. The quantitative estimate of drug-likeness (QED) is 0.427. The molecule has 1 aromatic heterocycles. The van der Waals surface area contributed by atoms with Gasteiger partial charge < -0.3 is 0 Å². The number of hydrogen-bond donors (Lipinski definition) is 0. The van der Waals surface area contributed by atoms with Crippen molar-refractivity contribution in [2.24, 2.45) is 5.92 Å². The highest BCUT2D eigenvalue weighted by molar-refractivity contribution is 5.74. The van der Waals surface area contributed by atoms with Crippen LogP contribution in [0.1, 0.15) is 62.4 Å². The van der Waals surface area contributed by atoms with E-state index in [9.17, 15) is 0 Å². The Balaban J connectivity index is 1.61. The van der Waals surface area contributed by atoms with Gasteiger partial charge in [-0.3, -0.25) is 0 Å². The number of aromatic nitrogens is 2. The Labute approximate surface area is 175 Å². The molecule has 0 saturated carbocycles. The van der Waals surface area contributed by atoms with E-state index in [4.69, 9.17) is 5.10 Å². The van der Waals surface area contributed by atoms with Crippen LogP contribution in [0.25, 0.3) is 22.9 Å². The molecule has 2 nitrogen and oxygen atoms in total. The molecule has 0 spiro atoms. The molecular weight excluding hydrogens is 352 g/mol. The van der Waals surface area contributed by atoms with Gasteiger partial charge in [0.05, 0.1) is 17.6 Å². The highest BCUT2D eigenvalue weighted by Crippen LogP contribution is 2.35. The third-order valence-corrected chi connectivity index (χ3v) is 6.25. The van der Waals surface area contributed by atoms with Crippen LogP contribution in [0.5, 0.6) is 0 Å². The fourth-order valence-corrected chi connectivity index (χ4v) is 4.40. The second-order valence-electron chi connectivity index (χ2n) is 8.19. The zero-order chi connectivity index (χ0) is 20.2. The van der Waals surface area contributed by atoms with E-state index >= 15 is 0 Å². The predicted octanol–water partition coefficient (Wildman–Crippen LogP) is 7.04. The van der Waals surface area contributed by atoms with Crippen LogP contribution in [-0.4, -0.2) is 9.78 Å². The largest absolute Gasteiger partial charge is 0.237 e. The van der Waals surface area contributed by atoms with Gasteiger partial charge in [0.1, 0.15) is 0 Å². The summed E-state index contributed by atoms with van der Waals surface area (Å²) in [5.74, 6) is 0.680. The minimum atomic E-state index is 0.680. The maximum absolute atomic E-state index is 4.75. The first-order valence-corrected chi connectivity index (χ1v) is 11.2. The third-order valence-electron chi connectivity index (χ3n) is 6.25. The second kappa shape index (κ2) is 8.82. The van der Waals surface area contributed by atoms with Crippen LogP contribution in [0, 0.1) is 5.92 Å². The van der Waals surface area contributed by atoms with E-state index < -0.39 is 0 Å². The smallest absolute Gasteiger partial charge is 0.0649 e. The van der Waals surface area contributed by atoms with Gasteiger partial charge in [-0.15, -0.1) is 0 Å². The van der Waals surface area contributed by atoms with E-state index in [1.807, 2.05) is 6.20 Å². The van der Waals surface area contributed by atoms with Crippen LogP contribution in [0.3, 0.4) is 0 Å². The predicted molar refractivity (Wildman–Crippen MR) is 124 cm³/mol. The van der Waals surface area contributed by atoms with Gasteiger partial charge in [-0.2, -0.15) is 5.10 Å². The molecule has 4 rings (SSSR count). The zero-order valence-electron chi connectivity index (χ0n) is 18.0. The maximum Gasteiger partial charge on any atom is 0.0649 e. The SMILES string of the molecule is CCCc1ccc(-n2ncc3c2CCc2cc(C=CC(CC)CC)ccc2-3)cc1. The maximum atomic E-state index is 4.75. The Morgan fingerprint density at radius 2 is 1.76 bits per heavy atom. The van der Waals surface area contributed by atoms with Gasteiger partial charge in [0.2, 0.25) is 0 Å². The van der Waals surface area contributed by atoms with Gasteiger partial charge in [0.25, 0.3) is 0 Å². The molecule has 1 heterocycles. The summed E-state index contributed by atoms with van der Waals surface area (Å²) in [6.45, 7) is 6.76. The molecule has 0 unspecified atom stereocenters. The number of allylic oxidation sites excluding steroid dienone is 1. The van der Waals surface area contributed by atoms with Gasteiger partial charge in [-0.25, -0.2) is 4.68 Å². The first-order valence-electron chi connectivity index (χ1n) is 11.2. The summed E-state index contributed by atoms with van der Waals surface area (Å²) in [4.78, 5) is 0. The number of hydrogen-bond acceptors (Lipinski definition) is 1. The average Bonchev–Trinajstić information content (AvgIpc) is 3.19. The van der Waals surface area contributed by atoms with Crippen molar-refractivity contribution in [3.63, 3.8) is 0 Å². The van der Waals surface area contributed by atoms with Crippen molar-refractivity contribution in [3.8, 4) is 16.8 Å². The van der Waals surface area contributed by atoms with Crippen LogP contribution in [0.15, 0.2) is 54.7 Å². The molecule has 0 atom stereocenters. The summed E-state index contributed by atoms with van der Waals surface area (Å²) in [6.07, 6.45) is 13.6. The van der Waals surface area contributed by atoms with Crippen LogP contribution in [-0.2, 0) is 19.3 Å². The summed E-state index contributed by atoms with van der Waals surface area (Å²) in [7, 11) is 0. The molecule has 0 saturated heterocycles. The lowest BCUT2D eigenvalue weighted by Gasteiger charge is -2.19. The van der Waals surface area contributed by atoms with E-state index in [0.29, 0.717) is 5.92 Å². The Kier molecular flexibility index (Phi) is 5.99. The number of nitrogens with zero attached hydrogens (tertiary/aromatic N) is 2. The fourth-order valence-electron chi connectivity index (χ4n) is 4.40. The van der Waals surface area contributed by atoms with Crippen molar-refractivity contribution in [2.45, 2.75) is 59.3 Å². The molecule has 3 aromatic rings. The van der Waals surface area contributed by atoms with Crippen LogP contribution in [0.4, 0.5) is 0 Å². The monoisotopic (exact) mass is 384 g/mol. The van der Waals surface area contributed by atoms with Crippen LogP contribution >= 0.6 is 0 Å². The summed E-state index contributed by atoms with van der Waals surface area (Å²) < 4.78 is 2.13. The van der Waals surface area contributed by atoms with Crippen molar-refractivity contribution >= 4 is 6.08 Å². The molecule has 0 aliphatic heterocycles. The third kappa shape index (κ3) is 4.07. The normalized spacial score (nSPS) is 13.1. The minimum absolute atomic E-state index is 0.680. The summed E-state index contributed by atoms with van der Waals surface area (Å²) in [6, 6.07) is 15.8. The lowest BCUT2D eigenvalue weighted by Crippen LogP contribution is -2.09. The minimum Gasteiger partial charge on any atom is -0.237 e. The Hall–Kier alpha value is -2.61. The highest BCUT2D eigenvalue weighted by Gasteiger charge is 2.21. The molecule has 0 bridgehead atoms. The second-order valence-corrected chi connectivity index (χ2v) is 8.19. The van der Waals surface area contributed by atoms with Crippen molar-refractivity contribution in [1.82, 2.24) is 9.78 Å². The van der Waals surface area contributed by atoms with E-state index in [-0.39, 0.29) is 0 Å². The molecule has 2 aromatic carbocycles. The van der Waals surface area contributed by atoms with Crippen LogP contribution in [0.2, 0.25) is 0 Å². The van der Waals surface area contributed by atoms with Gasteiger partial charge in [0.15, 0.2) is 0 Å². The zero-order valence-corrected chi connectivity index (χ0v) is 18.0. The van der Waals surface area contributed by atoms with Crippen molar-refractivity contribution in [1.29, 1.82) is 0 Å². The standard InChI is InChI=1S/C27H32N2/c1-4-7-21-10-14-24(15-11-21)29-27-17-13-23-18-22(9-8-20(5-2)6-3)12-16-25(23)26(27)19-28-29/h8-12,14-16,18-20H,4-7,13,17H2,1-3H3. The molecule has 29 heavy (non-hydrogen) atoms. The van der Waals surface area contributed by atoms with Gasteiger partial charge in [-0.05, 0) is 72.4 Å². The van der Waals surface area contributed by atoms with Gasteiger partial charge in [0, 0.05) is 5.56 Å². The topological polar surface area (TPSA) is 17.8 Å². The molecule has 0 amide bonds. The summed E-state index contributed by atoms with van der Waals surface area (Å²) >= 11 is 0. The first-order chi connectivity index (χ1) is 14.2. The molecule has 1 aliphatic carbocycles. The van der Waals surface area contributed by atoms with Crippen molar-refractivity contribution in [2.75, 3.05) is 0 Å². The lowest BCUT2D eigenvalue weighted by atomic mass is 9.88. The summed E-state index contributed by atoms with van der Waals surface area (Å²) in [5, 5.41) is 4.75. The van der Waals surface area contributed by atoms with Gasteiger partial charge in [-0.1, -0.05) is 69.7 Å². The van der Waals surface area contributed by atoms with E-state index in [1.165, 1.54) is 58.5 Å². The van der Waals surface area contributed by atoms with E-state index in [2.05, 4.69) is 80.1 Å². The average molecular weight is 385 g/mol. The van der Waals surface area contributed by atoms with Gasteiger partial charge >= 0.3 is 0 Å². The molecule has 150 valence electrons. The number of rotatable bonds is 7. The lowest BCUT2D eigenvalue weighted by molar-refractivity contribution is 0.608. The molecule has 0 radical (unpaired) electrons. The van der Waals surface area contributed by atoms with Crippen molar-refractivity contribution < 1.29 is 0 Å². The molecule has 1 aliphatic rings. The van der Waals surface area contributed by atoms with E-state index in [1.54, 1.807) is 0 Å². The highest BCUT2D eigenvalue weighted by atomic mass is 15.3. The molecular formula is C27H32N2. The molecule has 0 fully saturated rings. The Morgan fingerprint density at radius 3 is 2.48 bits per heavy atom. The first kappa shape index (κ1) is 19.7. The Bertz CT molecular complexity index is 988. The number of benzene rings is 2. The molecule has 0 N–H and O–H groups in total. The summed E-state index contributed by atoms with van der Waals surface area (Å²) in [5.41, 5.74) is 9.30. The number of fused-ring (bicyclic) bond motifs is 3. The fraction of sp³-hybridized carbons (Fsp3) is 0.370. The molecule has 2 heteroatoms. The van der Waals surface area contributed by atoms with Crippen LogP contribution < -0.4 is 0 Å². The Morgan fingerprint density at radius 1 is 0.966 bits per heavy atom. The van der Waals surface area contributed by atoms with E-state index in [0.717, 1.165) is 19.3 Å².